The summed E-state index contributed by atoms with van der Waals surface area (Å²) in [5.41, 5.74) is 0. The fraction of sp³-hybridized carbons (Fsp3) is 0.947. The minimum absolute atomic E-state index is 0.0629. The number of carbonyl (C=O) groups is 3. The van der Waals surface area contributed by atoms with Gasteiger partial charge in [0.15, 0.2) is 6.10 Å². The third kappa shape index (κ3) is 51.3. The van der Waals surface area contributed by atoms with E-state index >= 15 is 0 Å². The monoisotopic (exact) mass is 891 g/mol. The zero-order valence-electron chi connectivity index (χ0n) is 43.2. The van der Waals surface area contributed by atoms with Gasteiger partial charge in [-0.05, 0) is 31.1 Å². The molecule has 0 rings (SSSR count). The Morgan fingerprint density at radius 3 is 0.778 bits per heavy atom. The highest BCUT2D eigenvalue weighted by Crippen LogP contribution is 2.18. The van der Waals surface area contributed by atoms with Crippen LogP contribution in [0.5, 0.6) is 0 Å². The first-order valence-electron chi connectivity index (χ1n) is 28.2. The Morgan fingerprint density at radius 2 is 0.524 bits per heavy atom. The molecule has 0 aliphatic heterocycles. The number of esters is 3. The van der Waals surface area contributed by atoms with Gasteiger partial charge in [0, 0.05) is 19.3 Å². The normalized spacial score (nSPS) is 12.0. The van der Waals surface area contributed by atoms with E-state index in [0.717, 1.165) is 69.6 Å². The Balaban J connectivity index is 4.22. The molecule has 0 saturated heterocycles. The van der Waals surface area contributed by atoms with Crippen LogP contribution in [0.4, 0.5) is 0 Å². The van der Waals surface area contributed by atoms with Crippen molar-refractivity contribution < 1.29 is 28.6 Å². The van der Waals surface area contributed by atoms with Crippen LogP contribution in [0.25, 0.3) is 0 Å². The molecule has 0 bridgehead atoms. The summed E-state index contributed by atoms with van der Waals surface area (Å²) in [7, 11) is 0. The summed E-state index contributed by atoms with van der Waals surface area (Å²) in [6.07, 6.45) is 52.4. The summed E-state index contributed by atoms with van der Waals surface area (Å²) in [5.74, 6) is 0.854. The van der Waals surface area contributed by atoms with Crippen LogP contribution in [0.3, 0.4) is 0 Å². The van der Waals surface area contributed by atoms with Crippen molar-refractivity contribution in [1.82, 2.24) is 0 Å². The molecule has 0 saturated carbocycles. The number of hydrogen-bond acceptors (Lipinski definition) is 6. The molecule has 0 heterocycles. The van der Waals surface area contributed by atoms with Crippen LogP contribution in [0.15, 0.2) is 0 Å². The van der Waals surface area contributed by atoms with Crippen molar-refractivity contribution in [3.8, 4) is 0 Å². The highest BCUT2D eigenvalue weighted by Gasteiger charge is 2.19. The molecule has 0 radical (unpaired) electrons. The van der Waals surface area contributed by atoms with E-state index in [-0.39, 0.29) is 31.1 Å². The molecular formula is C57H110O6. The van der Waals surface area contributed by atoms with E-state index in [9.17, 15) is 14.4 Å². The lowest BCUT2D eigenvalue weighted by molar-refractivity contribution is -0.167. The van der Waals surface area contributed by atoms with Crippen LogP contribution in [-0.2, 0) is 28.6 Å². The van der Waals surface area contributed by atoms with Crippen molar-refractivity contribution >= 4 is 17.9 Å². The van der Waals surface area contributed by atoms with Crippen LogP contribution >= 0.6 is 0 Å². The van der Waals surface area contributed by atoms with Crippen LogP contribution in [0.2, 0.25) is 0 Å². The molecule has 63 heavy (non-hydrogen) atoms. The molecule has 0 aromatic rings. The van der Waals surface area contributed by atoms with E-state index < -0.39 is 6.10 Å². The van der Waals surface area contributed by atoms with E-state index in [1.807, 2.05) is 0 Å². The molecule has 1 atom stereocenters. The van der Waals surface area contributed by atoms with Gasteiger partial charge in [-0.2, -0.15) is 0 Å². The van der Waals surface area contributed by atoms with E-state index in [2.05, 4.69) is 34.6 Å². The van der Waals surface area contributed by atoms with E-state index in [1.54, 1.807) is 0 Å². The van der Waals surface area contributed by atoms with Crippen molar-refractivity contribution in [2.75, 3.05) is 13.2 Å². The van der Waals surface area contributed by atoms with Gasteiger partial charge in [0.05, 0.1) is 0 Å². The second kappa shape index (κ2) is 49.8. The van der Waals surface area contributed by atoms with E-state index in [1.165, 1.54) is 205 Å². The lowest BCUT2D eigenvalue weighted by atomic mass is 10.0. The first kappa shape index (κ1) is 61.4. The summed E-state index contributed by atoms with van der Waals surface area (Å²) >= 11 is 0. The number of carbonyl (C=O) groups excluding carboxylic acids is 3. The maximum absolute atomic E-state index is 12.8. The number of unbranched alkanes of at least 4 members (excludes halogenated alkanes) is 36. The van der Waals surface area contributed by atoms with Crippen LogP contribution in [0.1, 0.15) is 317 Å². The highest BCUT2D eigenvalue weighted by atomic mass is 16.6. The smallest absolute Gasteiger partial charge is 0.306 e. The van der Waals surface area contributed by atoms with Crippen molar-refractivity contribution in [3.63, 3.8) is 0 Å². The summed E-state index contributed by atoms with van der Waals surface area (Å²) < 4.78 is 16.8. The van der Waals surface area contributed by atoms with Gasteiger partial charge >= 0.3 is 17.9 Å². The molecule has 0 amide bonds. The zero-order chi connectivity index (χ0) is 46.1. The SMILES string of the molecule is CCCCCCCCCCCC(=O)OC[C@H](COC(=O)CCCCCCCCCCCCCCCCCC(C)C)OC(=O)CCCCCCCCCCCCCCCCCC(C)C. The predicted octanol–water partition coefficient (Wildman–Crippen LogP) is 18.5. The van der Waals surface area contributed by atoms with Gasteiger partial charge in [0.25, 0.3) is 0 Å². The first-order valence-corrected chi connectivity index (χ1v) is 28.2. The average molecular weight is 892 g/mol. The van der Waals surface area contributed by atoms with Gasteiger partial charge in [0.2, 0.25) is 0 Å². The quantitative estimate of drug-likeness (QED) is 0.0344. The molecule has 0 aliphatic rings. The van der Waals surface area contributed by atoms with E-state index in [4.69, 9.17) is 14.2 Å². The van der Waals surface area contributed by atoms with Gasteiger partial charge < -0.3 is 14.2 Å². The summed E-state index contributed by atoms with van der Waals surface area (Å²) in [5, 5.41) is 0. The number of hydrogen-bond donors (Lipinski definition) is 0. The van der Waals surface area contributed by atoms with Crippen LogP contribution in [0, 0.1) is 11.8 Å². The fourth-order valence-electron chi connectivity index (χ4n) is 8.70. The molecule has 0 unspecified atom stereocenters. The summed E-state index contributed by atoms with van der Waals surface area (Å²) in [6, 6.07) is 0. The molecular weight excluding hydrogens is 781 g/mol. The Labute approximate surface area is 393 Å². The number of ether oxygens (including phenoxy) is 3. The van der Waals surface area contributed by atoms with Crippen molar-refractivity contribution in [3.05, 3.63) is 0 Å². The highest BCUT2D eigenvalue weighted by molar-refractivity contribution is 5.71. The molecule has 0 aromatic carbocycles. The minimum Gasteiger partial charge on any atom is -0.462 e. The first-order chi connectivity index (χ1) is 30.7. The predicted molar refractivity (Wildman–Crippen MR) is 270 cm³/mol. The largest absolute Gasteiger partial charge is 0.462 e. The molecule has 0 aliphatic carbocycles. The molecule has 6 nitrogen and oxygen atoms in total. The topological polar surface area (TPSA) is 78.9 Å². The Kier molecular flexibility index (Phi) is 48.6. The Hall–Kier alpha value is -1.59. The van der Waals surface area contributed by atoms with Crippen molar-refractivity contribution in [1.29, 1.82) is 0 Å². The molecule has 0 fully saturated rings. The van der Waals surface area contributed by atoms with Crippen LogP contribution < -0.4 is 0 Å². The van der Waals surface area contributed by atoms with Gasteiger partial charge in [0.1, 0.15) is 13.2 Å². The Morgan fingerprint density at radius 1 is 0.302 bits per heavy atom. The van der Waals surface area contributed by atoms with Gasteiger partial charge in [-0.1, -0.05) is 279 Å². The van der Waals surface area contributed by atoms with Gasteiger partial charge in [-0.25, -0.2) is 0 Å². The third-order valence-corrected chi connectivity index (χ3v) is 13.0. The molecule has 0 spiro atoms. The zero-order valence-corrected chi connectivity index (χ0v) is 43.2. The summed E-state index contributed by atoms with van der Waals surface area (Å²) in [6.45, 7) is 11.4. The average Bonchev–Trinajstić information content (AvgIpc) is 3.25. The van der Waals surface area contributed by atoms with Gasteiger partial charge in [-0.15, -0.1) is 0 Å². The third-order valence-electron chi connectivity index (χ3n) is 13.0. The van der Waals surface area contributed by atoms with Crippen molar-refractivity contribution in [2.24, 2.45) is 11.8 Å². The molecule has 0 N–H and O–H groups in total. The molecule has 0 aromatic heterocycles. The fourth-order valence-corrected chi connectivity index (χ4v) is 8.70. The maximum atomic E-state index is 12.8. The second-order valence-electron chi connectivity index (χ2n) is 20.5. The second-order valence-corrected chi connectivity index (χ2v) is 20.5. The van der Waals surface area contributed by atoms with E-state index in [0.29, 0.717) is 19.3 Å². The number of rotatable bonds is 51. The lowest BCUT2D eigenvalue weighted by Crippen LogP contribution is -2.30. The lowest BCUT2D eigenvalue weighted by Gasteiger charge is -2.18. The molecule has 6 heteroatoms. The molecule has 374 valence electrons. The standard InChI is InChI=1S/C57H110O6/c1-6-7-8-9-10-25-32-37-42-47-55(58)61-50-54(63-57(60)49-44-39-34-29-24-20-16-12-14-18-22-27-31-36-41-46-53(4)5)51-62-56(59)48-43-38-33-28-23-19-15-11-13-17-21-26-30-35-40-45-52(2)3/h52-54H,6-51H2,1-5H3/t54-/m1/s1. The minimum atomic E-state index is -0.761. The maximum Gasteiger partial charge on any atom is 0.306 e. The van der Waals surface area contributed by atoms with Crippen LogP contribution in [-0.4, -0.2) is 37.2 Å². The Bertz CT molecular complexity index is 962. The van der Waals surface area contributed by atoms with Gasteiger partial charge in [-0.3, -0.25) is 14.4 Å². The summed E-state index contributed by atoms with van der Waals surface area (Å²) in [4.78, 5) is 38.0. The van der Waals surface area contributed by atoms with Crippen molar-refractivity contribution in [2.45, 2.75) is 323 Å².